The fourth-order valence-corrected chi connectivity index (χ4v) is 6.94. The highest BCUT2D eigenvalue weighted by molar-refractivity contribution is 5.71. The number of unbranched alkanes of at least 4 members (excludes halogenated alkanes) is 24. The molecule has 0 saturated heterocycles. The van der Waals surface area contributed by atoms with Gasteiger partial charge in [0.2, 0.25) is 0 Å². The predicted octanol–water partition coefficient (Wildman–Crippen LogP) is 16.5. The van der Waals surface area contributed by atoms with Crippen LogP contribution < -0.4 is 0 Å². The maximum Gasteiger partial charge on any atom is 0.306 e. The highest BCUT2D eigenvalue weighted by Crippen LogP contribution is 2.15. The molecule has 6 heteroatoms. The van der Waals surface area contributed by atoms with Crippen molar-refractivity contribution >= 4 is 17.9 Å². The van der Waals surface area contributed by atoms with Gasteiger partial charge in [-0.3, -0.25) is 14.4 Å². The summed E-state index contributed by atoms with van der Waals surface area (Å²) in [5, 5.41) is 0. The van der Waals surface area contributed by atoms with E-state index in [-0.39, 0.29) is 37.5 Å². The van der Waals surface area contributed by atoms with Crippen LogP contribution in [0.3, 0.4) is 0 Å². The minimum Gasteiger partial charge on any atom is -0.462 e. The third-order valence-corrected chi connectivity index (χ3v) is 10.8. The molecule has 0 amide bonds. The third kappa shape index (κ3) is 46.2. The summed E-state index contributed by atoms with van der Waals surface area (Å²) in [6, 6.07) is 0. The summed E-state index contributed by atoms with van der Waals surface area (Å²) in [4.78, 5) is 37.9. The summed E-state index contributed by atoms with van der Waals surface area (Å²) < 4.78 is 16.7. The fourth-order valence-electron chi connectivity index (χ4n) is 6.94. The first-order valence-electron chi connectivity index (χ1n) is 25.3. The topological polar surface area (TPSA) is 78.9 Å². The Morgan fingerprint density at radius 2 is 0.667 bits per heavy atom. The van der Waals surface area contributed by atoms with Gasteiger partial charge in [-0.15, -0.1) is 0 Å². The molecule has 0 aromatic rings. The summed E-state index contributed by atoms with van der Waals surface area (Å²) in [7, 11) is 0. The Bertz CT molecular complexity index is 1100. The number of esters is 3. The van der Waals surface area contributed by atoms with E-state index in [1.54, 1.807) is 0 Å². The van der Waals surface area contributed by atoms with Crippen LogP contribution in [-0.2, 0) is 28.6 Å². The molecular formula is C54H94O6. The molecule has 0 rings (SSSR count). The van der Waals surface area contributed by atoms with E-state index in [4.69, 9.17) is 14.2 Å². The largest absolute Gasteiger partial charge is 0.462 e. The SMILES string of the molecule is CC/C=C\C/C=C\C/C=C\C/C=C\CCCCC(=O)O[C@H](COC(=O)CCCCCCC/C=C\CCCC)COC(=O)CCCCCCCCCCCCCCCCCC. The minimum absolute atomic E-state index is 0.0917. The second-order valence-electron chi connectivity index (χ2n) is 16.7. The molecule has 0 N–H and O–H groups in total. The van der Waals surface area contributed by atoms with Crippen molar-refractivity contribution in [1.29, 1.82) is 0 Å². The Morgan fingerprint density at radius 3 is 1.12 bits per heavy atom. The van der Waals surface area contributed by atoms with E-state index in [1.807, 2.05) is 0 Å². The Kier molecular flexibility index (Phi) is 46.4. The average molecular weight is 839 g/mol. The highest BCUT2D eigenvalue weighted by Gasteiger charge is 2.19. The van der Waals surface area contributed by atoms with Crippen LogP contribution in [0.2, 0.25) is 0 Å². The van der Waals surface area contributed by atoms with Gasteiger partial charge in [0, 0.05) is 19.3 Å². The first kappa shape index (κ1) is 57.1. The summed E-state index contributed by atoms with van der Waals surface area (Å²) in [6.07, 6.45) is 59.2. The Hall–Kier alpha value is -2.89. The van der Waals surface area contributed by atoms with Gasteiger partial charge in [0.15, 0.2) is 6.10 Å². The maximum absolute atomic E-state index is 12.8. The van der Waals surface area contributed by atoms with E-state index < -0.39 is 6.10 Å². The molecule has 0 spiro atoms. The molecule has 0 aliphatic rings. The standard InChI is InChI=1S/C54H94O6/c1-4-7-10-13-16-19-22-24-26-28-29-32-35-38-41-44-47-53(56)59-50-51(49-58-52(55)46-43-40-37-34-31-21-18-15-12-9-6-3)60-54(57)48-45-42-39-36-33-30-27-25-23-20-17-14-11-8-5-2/h8,11,15,17-18,20,25,27,33,36,51H,4-7,9-10,12-14,16,19,21-24,26,28-32,34-35,37-50H2,1-3H3/b11-8-,18-15-,20-17-,27-25-,36-33-/t51-/m1/s1. The van der Waals surface area contributed by atoms with Gasteiger partial charge in [-0.2, -0.15) is 0 Å². The summed E-state index contributed by atoms with van der Waals surface area (Å²) in [5.74, 6) is -0.940. The number of rotatable bonds is 45. The molecule has 0 bridgehead atoms. The van der Waals surface area contributed by atoms with Crippen molar-refractivity contribution in [1.82, 2.24) is 0 Å². The first-order valence-corrected chi connectivity index (χ1v) is 25.3. The third-order valence-electron chi connectivity index (χ3n) is 10.8. The lowest BCUT2D eigenvalue weighted by molar-refractivity contribution is -0.167. The van der Waals surface area contributed by atoms with Gasteiger partial charge in [-0.1, -0.05) is 210 Å². The number of ether oxygens (including phenoxy) is 3. The molecule has 0 unspecified atom stereocenters. The zero-order chi connectivity index (χ0) is 43.7. The zero-order valence-electron chi connectivity index (χ0n) is 39.5. The fraction of sp³-hybridized carbons (Fsp3) is 0.759. The lowest BCUT2D eigenvalue weighted by Gasteiger charge is -2.18. The molecule has 1 atom stereocenters. The van der Waals surface area contributed by atoms with E-state index in [9.17, 15) is 14.4 Å². The summed E-state index contributed by atoms with van der Waals surface area (Å²) >= 11 is 0. The molecule has 6 nitrogen and oxygen atoms in total. The van der Waals surface area contributed by atoms with Crippen LogP contribution in [0, 0.1) is 0 Å². The molecule has 0 heterocycles. The number of hydrogen-bond acceptors (Lipinski definition) is 6. The van der Waals surface area contributed by atoms with Crippen LogP contribution in [-0.4, -0.2) is 37.2 Å². The average Bonchev–Trinajstić information content (AvgIpc) is 3.24. The van der Waals surface area contributed by atoms with Gasteiger partial charge < -0.3 is 14.2 Å². The van der Waals surface area contributed by atoms with Gasteiger partial charge in [0.1, 0.15) is 13.2 Å². The number of carbonyl (C=O) groups is 3. The predicted molar refractivity (Wildman–Crippen MR) is 256 cm³/mol. The van der Waals surface area contributed by atoms with Crippen molar-refractivity contribution < 1.29 is 28.6 Å². The van der Waals surface area contributed by atoms with Crippen LogP contribution in [0.25, 0.3) is 0 Å². The van der Waals surface area contributed by atoms with Crippen LogP contribution in [0.1, 0.15) is 245 Å². The van der Waals surface area contributed by atoms with Gasteiger partial charge in [-0.25, -0.2) is 0 Å². The van der Waals surface area contributed by atoms with E-state index in [1.165, 1.54) is 116 Å². The number of carbonyl (C=O) groups excluding carboxylic acids is 3. The molecule has 346 valence electrons. The minimum atomic E-state index is -0.795. The Balaban J connectivity index is 4.42. The quantitative estimate of drug-likeness (QED) is 0.0263. The van der Waals surface area contributed by atoms with E-state index in [0.29, 0.717) is 19.3 Å². The van der Waals surface area contributed by atoms with Gasteiger partial charge in [0.25, 0.3) is 0 Å². The van der Waals surface area contributed by atoms with Crippen LogP contribution in [0.5, 0.6) is 0 Å². The van der Waals surface area contributed by atoms with Crippen molar-refractivity contribution in [3.8, 4) is 0 Å². The molecule has 0 radical (unpaired) electrons. The van der Waals surface area contributed by atoms with Crippen molar-refractivity contribution in [3.05, 3.63) is 60.8 Å². The van der Waals surface area contributed by atoms with Crippen LogP contribution >= 0.6 is 0 Å². The molecule has 0 saturated carbocycles. The molecule has 60 heavy (non-hydrogen) atoms. The molecular weight excluding hydrogens is 745 g/mol. The highest BCUT2D eigenvalue weighted by atomic mass is 16.6. The van der Waals surface area contributed by atoms with Crippen molar-refractivity contribution in [2.45, 2.75) is 252 Å². The molecule has 0 aromatic carbocycles. The molecule has 0 aromatic heterocycles. The van der Waals surface area contributed by atoms with Gasteiger partial charge in [0.05, 0.1) is 0 Å². The second-order valence-corrected chi connectivity index (χ2v) is 16.7. The molecule has 0 aliphatic heterocycles. The summed E-state index contributed by atoms with van der Waals surface area (Å²) in [5.41, 5.74) is 0. The van der Waals surface area contributed by atoms with E-state index in [2.05, 4.69) is 81.5 Å². The monoisotopic (exact) mass is 839 g/mol. The summed E-state index contributed by atoms with van der Waals surface area (Å²) in [6.45, 7) is 6.45. The second kappa shape index (κ2) is 48.8. The maximum atomic E-state index is 12.8. The van der Waals surface area contributed by atoms with Gasteiger partial charge in [-0.05, 0) is 77.0 Å². The lowest BCUT2D eigenvalue weighted by atomic mass is 10.0. The Labute approximate surface area is 370 Å². The number of hydrogen-bond donors (Lipinski definition) is 0. The van der Waals surface area contributed by atoms with Crippen LogP contribution in [0.4, 0.5) is 0 Å². The lowest BCUT2D eigenvalue weighted by Crippen LogP contribution is -2.30. The smallest absolute Gasteiger partial charge is 0.306 e. The van der Waals surface area contributed by atoms with E-state index >= 15 is 0 Å². The van der Waals surface area contributed by atoms with Crippen molar-refractivity contribution in [3.63, 3.8) is 0 Å². The van der Waals surface area contributed by atoms with Crippen LogP contribution in [0.15, 0.2) is 60.8 Å². The van der Waals surface area contributed by atoms with Gasteiger partial charge >= 0.3 is 17.9 Å². The normalized spacial score (nSPS) is 12.5. The molecule has 0 fully saturated rings. The Morgan fingerprint density at radius 1 is 0.350 bits per heavy atom. The zero-order valence-corrected chi connectivity index (χ0v) is 39.5. The number of allylic oxidation sites excluding steroid dienone is 10. The van der Waals surface area contributed by atoms with Crippen molar-refractivity contribution in [2.75, 3.05) is 13.2 Å². The first-order chi connectivity index (χ1) is 29.5. The van der Waals surface area contributed by atoms with Crippen molar-refractivity contribution in [2.24, 2.45) is 0 Å². The van der Waals surface area contributed by atoms with E-state index in [0.717, 1.165) is 83.5 Å². The molecule has 0 aliphatic carbocycles.